The average molecular weight is 187 g/mol. The van der Waals surface area contributed by atoms with Crippen LogP contribution in [0.2, 0.25) is 0 Å². The number of pyridine rings is 1. The second kappa shape index (κ2) is 3.29. The lowest BCUT2D eigenvalue weighted by molar-refractivity contribution is 0.480. The maximum atomic E-state index is 9.61. The molecule has 0 aliphatic rings. The number of phenols is 1. The highest BCUT2D eigenvalue weighted by molar-refractivity contribution is 5.87. The van der Waals surface area contributed by atoms with Crippen LogP contribution in [0.25, 0.3) is 10.9 Å². The maximum Gasteiger partial charge on any atom is 0.141 e. The van der Waals surface area contributed by atoms with Crippen LogP contribution < -0.4 is 0 Å². The molecule has 0 fully saturated rings. The van der Waals surface area contributed by atoms with Crippen molar-refractivity contribution in [3.63, 3.8) is 0 Å². The van der Waals surface area contributed by atoms with Crippen molar-refractivity contribution in [1.29, 1.82) is 0 Å². The van der Waals surface area contributed by atoms with Crippen molar-refractivity contribution in [2.24, 2.45) is 0 Å². The molecule has 0 amide bonds. The average Bonchev–Trinajstić information content (AvgIpc) is 2.18. The molecule has 2 nitrogen and oxygen atoms in total. The standard InChI is InChI=1S/C12H13NO/c1-8(2)9-5-6-11(14)12-10(9)4-3-7-13-12/h3-8,14H,1-2H3. The van der Waals surface area contributed by atoms with Gasteiger partial charge in [0.05, 0.1) is 0 Å². The van der Waals surface area contributed by atoms with E-state index < -0.39 is 0 Å². The number of aromatic hydroxyl groups is 1. The van der Waals surface area contributed by atoms with E-state index in [9.17, 15) is 5.11 Å². The molecular formula is C12H13NO. The van der Waals surface area contributed by atoms with E-state index in [-0.39, 0.29) is 5.75 Å². The first kappa shape index (κ1) is 9.00. The minimum Gasteiger partial charge on any atom is -0.506 e. The van der Waals surface area contributed by atoms with Gasteiger partial charge < -0.3 is 5.11 Å². The van der Waals surface area contributed by atoms with Crippen LogP contribution in [-0.2, 0) is 0 Å². The number of benzene rings is 1. The third-order valence-electron chi connectivity index (χ3n) is 2.40. The molecule has 1 aromatic carbocycles. The third-order valence-corrected chi connectivity index (χ3v) is 2.40. The Labute approximate surface area is 83.2 Å². The zero-order valence-electron chi connectivity index (χ0n) is 8.36. The summed E-state index contributed by atoms with van der Waals surface area (Å²) in [6.07, 6.45) is 1.70. The zero-order valence-corrected chi connectivity index (χ0v) is 8.36. The summed E-state index contributed by atoms with van der Waals surface area (Å²) in [6, 6.07) is 7.57. The molecule has 2 aromatic rings. The fourth-order valence-electron chi connectivity index (χ4n) is 1.68. The molecule has 0 bridgehead atoms. The maximum absolute atomic E-state index is 9.61. The minimum absolute atomic E-state index is 0.255. The third kappa shape index (κ3) is 1.33. The molecule has 2 rings (SSSR count). The normalized spacial score (nSPS) is 11.1. The Morgan fingerprint density at radius 2 is 2.00 bits per heavy atom. The van der Waals surface area contributed by atoms with E-state index in [0.717, 1.165) is 5.39 Å². The van der Waals surface area contributed by atoms with Gasteiger partial charge in [0.25, 0.3) is 0 Å². The van der Waals surface area contributed by atoms with Crippen molar-refractivity contribution in [1.82, 2.24) is 4.98 Å². The van der Waals surface area contributed by atoms with Crippen LogP contribution in [-0.4, -0.2) is 10.1 Å². The number of hydrogen-bond donors (Lipinski definition) is 1. The van der Waals surface area contributed by atoms with Crippen LogP contribution in [0, 0.1) is 0 Å². The molecule has 0 atom stereocenters. The second-order valence-electron chi connectivity index (χ2n) is 3.73. The lowest BCUT2D eigenvalue weighted by atomic mass is 9.98. The van der Waals surface area contributed by atoms with Crippen molar-refractivity contribution >= 4 is 10.9 Å². The molecule has 0 saturated heterocycles. The quantitative estimate of drug-likeness (QED) is 0.744. The van der Waals surface area contributed by atoms with E-state index in [1.807, 2.05) is 18.2 Å². The molecule has 14 heavy (non-hydrogen) atoms. The first-order valence-electron chi connectivity index (χ1n) is 4.76. The van der Waals surface area contributed by atoms with E-state index in [1.54, 1.807) is 12.3 Å². The summed E-state index contributed by atoms with van der Waals surface area (Å²) in [5, 5.41) is 10.7. The summed E-state index contributed by atoms with van der Waals surface area (Å²) in [6.45, 7) is 4.28. The van der Waals surface area contributed by atoms with Gasteiger partial charge in [0, 0.05) is 11.6 Å². The Kier molecular flexibility index (Phi) is 2.12. The summed E-state index contributed by atoms with van der Waals surface area (Å²) in [7, 11) is 0. The van der Waals surface area contributed by atoms with Gasteiger partial charge in [-0.1, -0.05) is 26.0 Å². The first-order chi connectivity index (χ1) is 6.70. The van der Waals surface area contributed by atoms with Crippen LogP contribution in [0.5, 0.6) is 5.75 Å². The summed E-state index contributed by atoms with van der Waals surface area (Å²) in [4.78, 5) is 4.17. The second-order valence-corrected chi connectivity index (χ2v) is 3.73. The molecular weight excluding hydrogens is 174 g/mol. The highest BCUT2D eigenvalue weighted by Gasteiger charge is 2.07. The first-order valence-corrected chi connectivity index (χ1v) is 4.76. The van der Waals surface area contributed by atoms with Gasteiger partial charge in [0.15, 0.2) is 0 Å². The molecule has 0 aliphatic carbocycles. The molecule has 0 saturated carbocycles. The number of phenolic OH excluding ortho intramolecular Hbond substituents is 1. The zero-order chi connectivity index (χ0) is 10.1. The number of nitrogens with zero attached hydrogens (tertiary/aromatic N) is 1. The molecule has 1 N–H and O–H groups in total. The topological polar surface area (TPSA) is 33.1 Å². The van der Waals surface area contributed by atoms with Crippen LogP contribution in [0.3, 0.4) is 0 Å². The van der Waals surface area contributed by atoms with E-state index in [4.69, 9.17) is 0 Å². The molecule has 0 aliphatic heterocycles. The van der Waals surface area contributed by atoms with Gasteiger partial charge in [0.2, 0.25) is 0 Å². The number of hydrogen-bond acceptors (Lipinski definition) is 2. The Balaban J connectivity index is 2.82. The van der Waals surface area contributed by atoms with Crippen molar-refractivity contribution in [3.05, 3.63) is 36.0 Å². The van der Waals surface area contributed by atoms with Gasteiger partial charge in [-0.25, -0.2) is 0 Å². The van der Waals surface area contributed by atoms with Crippen molar-refractivity contribution in [2.45, 2.75) is 19.8 Å². The van der Waals surface area contributed by atoms with E-state index >= 15 is 0 Å². The van der Waals surface area contributed by atoms with Gasteiger partial charge in [-0.2, -0.15) is 0 Å². The summed E-state index contributed by atoms with van der Waals surface area (Å²) in [5.74, 6) is 0.701. The monoisotopic (exact) mass is 187 g/mol. The Hall–Kier alpha value is -1.57. The molecule has 2 heteroatoms. The molecule has 1 aromatic heterocycles. The van der Waals surface area contributed by atoms with Gasteiger partial charge in [0.1, 0.15) is 11.3 Å². The van der Waals surface area contributed by atoms with Crippen molar-refractivity contribution in [2.75, 3.05) is 0 Å². The van der Waals surface area contributed by atoms with E-state index in [0.29, 0.717) is 11.4 Å². The Morgan fingerprint density at radius 3 is 2.71 bits per heavy atom. The Bertz CT molecular complexity index is 463. The highest BCUT2D eigenvalue weighted by Crippen LogP contribution is 2.29. The molecule has 1 heterocycles. The van der Waals surface area contributed by atoms with E-state index in [1.165, 1.54) is 5.56 Å². The van der Waals surface area contributed by atoms with Crippen LogP contribution in [0.4, 0.5) is 0 Å². The van der Waals surface area contributed by atoms with Crippen LogP contribution >= 0.6 is 0 Å². The lowest BCUT2D eigenvalue weighted by Crippen LogP contribution is -1.90. The van der Waals surface area contributed by atoms with E-state index in [2.05, 4.69) is 18.8 Å². The lowest BCUT2D eigenvalue weighted by Gasteiger charge is -2.09. The van der Waals surface area contributed by atoms with Crippen LogP contribution in [0.1, 0.15) is 25.3 Å². The predicted molar refractivity (Wildman–Crippen MR) is 57.5 cm³/mol. The van der Waals surface area contributed by atoms with Gasteiger partial charge in [-0.3, -0.25) is 4.98 Å². The minimum atomic E-state index is 0.255. The molecule has 0 unspecified atom stereocenters. The Morgan fingerprint density at radius 1 is 1.21 bits per heavy atom. The summed E-state index contributed by atoms with van der Waals surface area (Å²) >= 11 is 0. The predicted octanol–water partition coefficient (Wildman–Crippen LogP) is 3.06. The fraction of sp³-hybridized carbons (Fsp3) is 0.250. The highest BCUT2D eigenvalue weighted by atomic mass is 16.3. The largest absolute Gasteiger partial charge is 0.506 e. The fourth-order valence-corrected chi connectivity index (χ4v) is 1.68. The number of aromatic nitrogens is 1. The van der Waals surface area contributed by atoms with Crippen molar-refractivity contribution < 1.29 is 5.11 Å². The van der Waals surface area contributed by atoms with Gasteiger partial charge >= 0.3 is 0 Å². The SMILES string of the molecule is CC(C)c1ccc(O)c2ncccc12. The van der Waals surface area contributed by atoms with Crippen molar-refractivity contribution in [3.8, 4) is 5.75 Å². The summed E-state index contributed by atoms with van der Waals surface area (Å²) in [5.41, 5.74) is 1.92. The summed E-state index contributed by atoms with van der Waals surface area (Å²) < 4.78 is 0. The molecule has 0 radical (unpaired) electrons. The molecule has 0 spiro atoms. The van der Waals surface area contributed by atoms with Gasteiger partial charge in [-0.15, -0.1) is 0 Å². The van der Waals surface area contributed by atoms with Gasteiger partial charge in [-0.05, 0) is 23.6 Å². The van der Waals surface area contributed by atoms with Crippen LogP contribution in [0.15, 0.2) is 30.5 Å². The smallest absolute Gasteiger partial charge is 0.141 e. The molecule has 72 valence electrons. The number of rotatable bonds is 1. The number of fused-ring (bicyclic) bond motifs is 1.